The summed E-state index contributed by atoms with van der Waals surface area (Å²) in [5.41, 5.74) is 3.99. The first kappa shape index (κ1) is 24.7. The lowest BCUT2D eigenvalue weighted by Gasteiger charge is -2.36. The third-order valence-corrected chi connectivity index (χ3v) is 6.91. The molecule has 1 aliphatic heterocycles. The summed E-state index contributed by atoms with van der Waals surface area (Å²) in [5.74, 6) is 1.59. The molecule has 0 saturated heterocycles. The molecule has 8 nitrogen and oxygen atoms in total. The van der Waals surface area contributed by atoms with Gasteiger partial charge in [-0.3, -0.25) is 4.18 Å². The summed E-state index contributed by atoms with van der Waals surface area (Å²) in [4.78, 5) is 2.11. The van der Waals surface area contributed by atoms with E-state index in [1.807, 2.05) is 41.3 Å². The molecule has 1 aromatic carbocycles. The van der Waals surface area contributed by atoms with Crippen LogP contribution in [-0.4, -0.2) is 41.0 Å². The Morgan fingerprint density at radius 3 is 2.68 bits per heavy atom. The van der Waals surface area contributed by atoms with E-state index >= 15 is 0 Å². The molecule has 3 aliphatic rings. The Bertz CT molecular complexity index is 1150. The summed E-state index contributed by atoms with van der Waals surface area (Å²) in [6.07, 6.45) is 17.6. The second kappa shape index (κ2) is 10.9. The smallest absolute Gasteiger partial charge is 0.264 e. The van der Waals surface area contributed by atoms with E-state index in [1.165, 1.54) is 0 Å². The molecule has 2 unspecified atom stereocenters. The van der Waals surface area contributed by atoms with Gasteiger partial charge in [-0.1, -0.05) is 30.4 Å². The van der Waals surface area contributed by atoms with E-state index in [-0.39, 0.29) is 12.6 Å². The van der Waals surface area contributed by atoms with Crippen molar-refractivity contribution >= 4 is 38.8 Å². The van der Waals surface area contributed by atoms with Crippen molar-refractivity contribution in [2.45, 2.75) is 18.9 Å². The molecular formula is C24H28IN3O5S. The van der Waals surface area contributed by atoms with Crippen LogP contribution >= 0.6 is 23.0 Å². The molecule has 0 radical (unpaired) electrons. The molecule has 2 N–H and O–H groups in total. The third-order valence-electron chi connectivity index (χ3n) is 5.81. The van der Waals surface area contributed by atoms with Gasteiger partial charge in [-0.2, -0.15) is 8.42 Å². The van der Waals surface area contributed by atoms with Gasteiger partial charge in [-0.15, -0.1) is 0 Å². The highest BCUT2D eigenvalue weighted by Gasteiger charge is 2.26. The summed E-state index contributed by atoms with van der Waals surface area (Å²) in [6, 6.07) is 5.58. The number of fused-ring (bicyclic) bond motifs is 1. The number of hydrogen-bond acceptors (Lipinski definition) is 8. The van der Waals surface area contributed by atoms with E-state index < -0.39 is 10.1 Å². The highest BCUT2D eigenvalue weighted by atomic mass is 127. The Kier molecular flexibility index (Phi) is 7.89. The zero-order valence-corrected chi connectivity index (χ0v) is 22.0. The molecule has 1 heterocycles. The number of nitrogens with one attached hydrogen (secondary N) is 2. The number of anilines is 1. The molecule has 0 saturated carbocycles. The quantitative estimate of drug-likeness (QED) is 0.328. The number of benzene rings is 1. The van der Waals surface area contributed by atoms with E-state index in [0.717, 1.165) is 41.9 Å². The van der Waals surface area contributed by atoms with Gasteiger partial charge >= 0.3 is 0 Å². The highest BCUT2D eigenvalue weighted by Crippen LogP contribution is 2.33. The normalized spacial score (nSPS) is 21.3. The van der Waals surface area contributed by atoms with E-state index in [9.17, 15) is 8.42 Å². The average Bonchev–Trinajstić information content (AvgIpc) is 2.85. The van der Waals surface area contributed by atoms with Gasteiger partial charge in [0.2, 0.25) is 0 Å². The zero-order valence-electron chi connectivity index (χ0n) is 19.0. The Hall–Kier alpha value is -2.44. The second-order valence-electron chi connectivity index (χ2n) is 8.19. The number of nitrogens with zero attached hydrogens (tertiary/aromatic N) is 1. The standard InChI is InChI=1S/C24H28IN3O5S/c1-31-20-12-19(13-21(15-20)33-25)28(10-11-32-34(2,29)30)18-8-9-22-23(14-18)27-24(16-26-22)17-6-4-3-5-7-17/h3-6,9,12-18,26-27H,7-8,10-11H2,1-2H3. The van der Waals surface area contributed by atoms with E-state index in [0.29, 0.717) is 24.0 Å². The molecule has 1 aromatic rings. The number of hydrogen-bond donors (Lipinski definition) is 2. The summed E-state index contributed by atoms with van der Waals surface area (Å²) in [6.45, 7) is 0.396. The molecule has 0 amide bonds. The van der Waals surface area contributed by atoms with Crippen molar-refractivity contribution in [1.82, 2.24) is 10.6 Å². The zero-order chi connectivity index (χ0) is 24.1. The topological polar surface area (TPSA) is 89.1 Å². The maximum absolute atomic E-state index is 11.6. The molecule has 182 valence electrons. The van der Waals surface area contributed by atoms with Crippen LogP contribution in [0.1, 0.15) is 12.8 Å². The Labute approximate surface area is 214 Å². The minimum atomic E-state index is -3.54. The van der Waals surface area contributed by atoms with Gasteiger partial charge in [0.05, 0.1) is 37.4 Å². The first-order valence-corrected chi connectivity index (χ1v) is 13.6. The van der Waals surface area contributed by atoms with Crippen molar-refractivity contribution in [2.24, 2.45) is 5.92 Å². The number of methoxy groups -OCH3 is 1. The number of rotatable bonds is 9. The van der Waals surface area contributed by atoms with Crippen molar-refractivity contribution in [3.8, 4) is 11.5 Å². The molecule has 4 rings (SSSR count). The SMILES string of the molecule is COc1cc(OI)cc(N(CCOS(C)(=O)=O)C2C=C3NC(C4C=CC=CC4)=CNC3=CC2)c1. The lowest BCUT2D eigenvalue weighted by atomic mass is 9.94. The molecule has 2 atom stereocenters. The largest absolute Gasteiger partial charge is 0.497 e. The van der Waals surface area contributed by atoms with Crippen molar-refractivity contribution in [2.75, 3.05) is 31.4 Å². The summed E-state index contributed by atoms with van der Waals surface area (Å²) >= 11 is 1.83. The van der Waals surface area contributed by atoms with Crippen molar-refractivity contribution in [3.63, 3.8) is 0 Å². The number of ether oxygens (including phenoxy) is 1. The predicted octanol–water partition coefficient (Wildman–Crippen LogP) is 3.91. The van der Waals surface area contributed by atoms with E-state index in [2.05, 4.69) is 52.0 Å². The highest BCUT2D eigenvalue weighted by molar-refractivity contribution is 14.1. The fraction of sp³-hybridized carbons (Fsp3) is 0.333. The van der Waals surface area contributed by atoms with Crippen LogP contribution in [0.4, 0.5) is 5.69 Å². The Balaban J connectivity index is 1.61. The summed E-state index contributed by atoms with van der Waals surface area (Å²) in [5, 5.41) is 7.00. The van der Waals surface area contributed by atoms with Crippen LogP contribution in [0.15, 0.2) is 77.9 Å². The predicted molar refractivity (Wildman–Crippen MR) is 141 cm³/mol. The molecule has 0 spiro atoms. The molecule has 2 aliphatic carbocycles. The van der Waals surface area contributed by atoms with E-state index in [4.69, 9.17) is 12.0 Å². The van der Waals surface area contributed by atoms with Crippen molar-refractivity contribution in [1.29, 1.82) is 0 Å². The first-order valence-electron chi connectivity index (χ1n) is 10.9. The van der Waals surface area contributed by atoms with Crippen LogP contribution in [0.5, 0.6) is 11.5 Å². The fourth-order valence-electron chi connectivity index (χ4n) is 4.18. The van der Waals surface area contributed by atoms with Crippen LogP contribution in [0.25, 0.3) is 0 Å². The maximum Gasteiger partial charge on any atom is 0.264 e. The minimum Gasteiger partial charge on any atom is -0.497 e. The van der Waals surface area contributed by atoms with Gasteiger partial charge in [0.25, 0.3) is 10.1 Å². The maximum atomic E-state index is 11.6. The lowest BCUT2D eigenvalue weighted by molar-refractivity contribution is 0.324. The van der Waals surface area contributed by atoms with Crippen LogP contribution in [0.2, 0.25) is 0 Å². The molecule has 34 heavy (non-hydrogen) atoms. The van der Waals surface area contributed by atoms with Gasteiger partial charge in [0, 0.05) is 48.2 Å². The third kappa shape index (κ3) is 6.16. The van der Waals surface area contributed by atoms with Crippen LogP contribution in [0, 0.1) is 5.92 Å². The second-order valence-corrected chi connectivity index (χ2v) is 10.3. The fourth-order valence-corrected chi connectivity index (χ4v) is 4.81. The number of halogens is 1. The molecule has 0 fully saturated rings. The Morgan fingerprint density at radius 2 is 1.97 bits per heavy atom. The van der Waals surface area contributed by atoms with Crippen molar-refractivity contribution in [3.05, 3.63) is 77.9 Å². The average molecular weight is 597 g/mol. The molecule has 0 aromatic heterocycles. The van der Waals surface area contributed by atoms with E-state index in [1.54, 1.807) is 13.2 Å². The van der Waals surface area contributed by atoms with Gasteiger partial charge in [-0.05, 0) is 18.9 Å². The van der Waals surface area contributed by atoms with Gasteiger partial charge < -0.3 is 23.3 Å². The molecule has 0 bridgehead atoms. The minimum absolute atomic E-state index is 0.0305. The van der Waals surface area contributed by atoms with Crippen LogP contribution in [-0.2, 0) is 14.3 Å². The van der Waals surface area contributed by atoms with Gasteiger partial charge in [-0.25, -0.2) is 0 Å². The monoisotopic (exact) mass is 597 g/mol. The Morgan fingerprint density at radius 1 is 1.15 bits per heavy atom. The summed E-state index contributed by atoms with van der Waals surface area (Å²) in [7, 11) is -1.94. The van der Waals surface area contributed by atoms with Crippen LogP contribution in [0.3, 0.4) is 0 Å². The molecule has 10 heteroatoms. The molecular weight excluding hydrogens is 569 g/mol. The summed E-state index contributed by atoms with van der Waals surface area (Å²) < 4.78 is 39.1. The van der Waals surface area contributed by atoms with Crippen molar-refractivity contribution < 1.29 is 20.4 Å². The van der Waals surface area contributed by atoms with Gasteiger partial charge in [0.15, 0.2) is 23.0 Å². The number of allylic oxidation sites excluding steroid dienone is 4. The lowest BCUT2D eigenvalue weighted by Crippen LogP contribution is -2.41. The van der Waals surface area contributed by atoms with Gasteiger partial charge in [0.1, 0.15) is 11.5 Å². The first-order chi connectivity index (χ1) is 16.4. The van der Waals surface area contributed by atoms with Crippen LogP contribution < -0.4 is 23.3 Å².